The van der Waals surface area contributed by atoms with Crippen LogP contribution in [0.2, 0.25) is 0 Å². The van der Waals surface area contributed by atoms with Crippen molar-refractivity contribution in [1.29, 1.82) is 0 Å². The molecule has 12 heteroatoms. The number of thiazole rings is 1. The van der Waals surface area contributed by atoms with Gasteiger partial charge in [0.05, 0.1) is 28.2 Å². The maximum atomic E-state index is 13.9. The maximum Gasteiger partial charge on any atom is 0.234 e. The summed E-state index contributed by atoms with van der Waals surface area (Å²) < 4.78 is 5.49. The number of benzene rings is 1. The van der Waals surface area contributed by atoms with Crippen molar-refractivity contribution in [3.05, 3.63) is 52.9 Å². The number of aromatic nitrogens is 2. The number of nitrogens with zero attached hydrogens (tertiary/aromatic N) is 5. The Morgan fingerprint density at radius 2 is 2.10 bits per heavy atom. The van der Waals surface area contributed by atoms with Crippen LogP contribution in [0.3, 0.4) is 0 Å². The first kappa shape index (κ1) is 27.6. The zero-order valence-corrected chi connectivity index (χ0v) is 23.8. The summed E-state index contributed by atoms with van der Waals surface area (Å²) in [6, 6.07) is 9.71. The molecule has 9 nitrogen and oxygen atoms in total. The molecule has 201 valence electrons. The van der Waals surface area contributed by atoms with Gasteiger partial charge >= 0.3 is 0 Å². The molecule has 0 aliphatic carbocycles. The number of hydrogen-bond acceptors (Lipinski definition) is 9. The molecule has 0 saturated carbocycles. The normalized spacial score (nSPS) is 24.2. The highest BCUT2D eigenvalue weighted by atomic mass is 32.1. The highest BCUT2D eigenvalue weighted by molar-refractivity contribution is 7.13. The molecule has 1 unspecified atom stereocenters. The molecule has 1 saturated heterocycles. The van der Waals surface area contributed by atoms with Gasteiger partial charge in [-0.15, -0.1) is 11.3 Å². The van der Waals surface area contributed by atoms with E-state index in [9.17, 15) is 9.90 Å². The summed E-state index contributed by atoms with van der Waals surface area (Å²) in [6.45, 7) is 11.0. The van der Waals surface area contributed by atoms with Crippen LogP contribution in [0.5, 0.6) is 0 Å². The second-order valence-corrected chi connectivity index (χ2v) is 11.5. The van der Waals surface area contributed by atoms with Crippen molar-refractivity contribution in [1.82, 2.24) is 25.5 Å². The number of likely N-dealkylation sites (tertiary alicyclic amines) is 1. The topological polar surface area (TPSA) is 107 Å². The molecule has 2 aliphatic heterocycles. The Morgan fingerprint density at radius 1 is 1.36 bits per heavy atom. The summed E-state index contributed by atoms with van der Waals surface area (Å²) in [4.78, 5) is 26.4. The molecule has 0 spiro atoms. The lowest BCUT2D eigenvalue weighted by molar-refractivity contribution is -0.134. The van der Waals surface area contributed by atoms with E-state index in [1.165, 1.54) is 7.17 Å². The van der Waals surface area contributed by atoms with E-state index >= 15 is 0 Å². The first-order valence-corrected chi connectivity index (χ1v) is 14.2. The van der Waals surface area contributed by atoms with Crippen molar-refractivity contribution < 1.29 is 14.4 Å². The SMILES string of the molecule is [B][B]c1cc(C(C(=O)N2C[C@H](O)C[C@H]2C2=N[C@@](C)(c3ccc(-c4scnc4C)cc3)N(CC)N2)C(C)C)on1. The van der Waals surface area contributed by atoms with Crippen molar-refractivity contribution in [3.63, 3.8) is 0 Å². The third-order valence-corrected chi connectivity index (χ3v) is 8.68. The molecular weight excluding hydrogens is 510 g/mol. The number of carbonyl (C=O) groups is 1. The van der Waals surface area contributed by atoms with Crippen LogP contribution in [0.4, 0.5) is 0 Å². The quantitative estimate of drug-likeness (QED) is 0.420. The Bertz CT molecular complexity index is 1360. The molecule has 3 radical (unpaired) electrons. The van der Waals surface area contributed by atoms with Gasteiger partial charge in [0.1, 0.15) is 24.7 Å². The van der Waals surface area contributed by atoms with E-state index in [-0.39, 0.29) is 18.4 Å². The average molecular weight is 543 g/mol. The van der Waals surface area contributed by atoms with Crippen molar-refractivity contribution in [2.75, 3.05) is 13.1 Å². The number of amidine groups is 1. The van der Waals surface area contributed by atoms with Crippen LogP contribution in [-0.4, -0.2) is 77.0 Å². The van der Waals surface area contributed by atoms with Crippen molar-refractivity contribution in [2.45, 2.75) is 64.8 Å². The first-order chi connectivity index (χ1) is 18.7. The van der Waals surface area contributed by atoms with E-state index in [2.05, 4.69) is 58.7 Å². The summed E-state index contributed by atoms with van der Waals surface area (Å²) in [5.74, 6) is 0.396. The second-order valence-electron chi connectivity index (χ2n) is 10.7. The molecule has 1 fully saturated rings. The molecule has 39 heavy (non-hydrogen) atoms. The van der Waals surface area contributed by atoms with Gasteiger partial charge in [-0.05, 0) is 37.0 Å². The van der Waals surface area contributed by atoms with Gasteiger partial charge in [-0.25, -0.2) is 9.98 Å². The lowest BCUT2D eigenvalue weighted by atomic mass is 9.53. The molecule has 4 heterocycles. The van der Waals surface area contributed by atoms with E-state index in [4.69, 9.17) is 17.3 Å². The second kappa shape index (κ2) is 10.9. The van der Waals surface area contributed by atoms with Gasteiger partial charge in [0.25, 0.3) is 0 Å². The minimum Gasteiger partial charge on any atom is -0.391 e. The lowest BCUT2D eigenvalue weighted by Crippen LogP contribution is -2.51. The van der Waals surface area contributed by atoms with E-state index in [1.54, 1.807) is 22.3 Å². The number of β-amino-alcohol motifs (C(OH)–C–C–N with tert-alkyl or cyclic N) is 1. The molecule has 1 amide bonds. The molecule has 1 aromatic carbocycles. The number of hydrazine groups is 1. The molecule has 4 atom stereocenters. The molecule has 2 aromatic heterocycles. The van der Waals surface area contributed by atoms with Crippen LogP contribution in [0.25, 0.3) is 10.4 Å². The van der Waals surface area contributed by atoms with Crippen LogP contribution < -0.4 is 11.0 Å². The average Bonchev–Trinajstić information content (AvgIpc) is 3.70. The number of amides is 1. The van der Waals surface area contributed by atoms with E-state index in [0.29, 0.717) is 30.2 Å². The van der Waals surface area contributed by atoms with Gasteiger partial charge in [-0.3, -0.25) is 4.79 Å². The Kier molecular flexibility index (Phi) is 7.72. The fourth-order valence-electron chi connectivity index (χ4n) is 5.60. The van der Waals surface area contributed by atoms with Crippen molar-refractivity contribution in [2.24, 2.45) is 10.9 Å². The predicted octanol–water partition coefficient (Wildman–Crippen LogP) is 2.33. The minimum atomic E-state index is -0.679. The van der Waals surface area contributed by atoms with Gasteiger partial charge in [-0.1, -0.05) is 50.2 Å². The summed E-state index contributed by atoms with van der Waals surface area (Å²) in [5, 5.41) is 16.7. The standard InChI is InChI=1S/C27H33B2N6O3S/c1-6-35-27(5,18-9-7-17(8-10-18)24-16(4)30-14-39-24)31-25(32-35)20-11-19(36)13-34(20)26(37)23(15(2)3)21-12-22(29-28)33-38-21/h7-10,12,14-15,19-20,23,36H,6,11,13H2,1-5H3,(H,31,32)/t19-,20+,23?,27-/m1/s1. The van der Waals surface area contributed by atoms with E-state index in [1.807, 2.05) is 26.3 Å². The summed E-state index contributed by atoms with van der Waals surface area (Å²) in [7, 11) is 6.94. The lowest BCUT2D eigenvalue weighted by Gasteiger charge is -2.32. The number of nitrogens with one attached hydrogen (secondary N) is 1. The molecule has 5 rings (SSSR count). The van der Waals surface area contributed by atoms with E-state index in [0.717, 1.165) is 21.7 Å². The number of aryl methyl sites for hydroxylation is 1. The number of aliphatic hydroxyl groups is 1. The number of hydrogen-bond donors (Lipinski definition) is 2. The monoisotopic (exact) mass is 543 g/mol. The van der Waals surface area contributed by atoms with Crippen LogP contribution >= 0.6 is 11.3 Å². The van der Waals surface area contributed by atoms with Gasteiger partial charge < -0.3 is 20.0 Å². The summed E-state index contributed by atoms with van der Waals surface area (Å²) in [6.07, 6.45) is -0.250. The van der Waals surface area contributed by atoms with Crippen LogP contribution in [0.1, 0.15) is 57.1 Å². The zero-order valence-electron chi connectivity index (χ0n) is 23.0. The number of aliphatic hydroxyl groups excluding tert-OH is 1. The smallest absolute Gasteiger partial charge is 0.234 e. The van der Waals surface area contributed by atoms with Gasteiger partial charge in [0.15, 0.2) is 5.66 Å². The molecule has 2 aliphatic rings. The molecule has 0 bridgehead atoms. The summed E-state index contributed by atoms with van der Waals surface area (Å²) >= 11 is 1.63. The third kappa shape index (κ3) is 5.05. The number of rotatable bonds is 8. The highest BCUT2D eigenvalue weighted by Crippen LogP contribution is 2.37. The molecular formula is C27H33B2N6O3S. The van der Waals surface area contributed by atoms with Gasteiger partial charge in [0, 0.05) is 32.8 Å². The minimum absolute atomic E-state index is 0.0500. The van der Waals surface area contributed by atoms with Gasteiger partial charge in [-0.2, -0.15) is 5.01 Å². The predicted molar refractivity (Wildman–Crippen MR) is 154 cm³/mol. The van der Waals surface area contributed by atoms with Crippen LogP contribution in [-0.2, 0) is 10.5 Å². The molecule has 3 aromatic rings. The number of aliphatic imine (C=N–C) groups is 1. The van der Waals surface area contributed by atoms with Crippen molar-refractivity contribution in [3.8, 4) is 10.4 Å². The zero-order chi connectivity index (χ0) is 27.9. The fraction of sp³-hybridized carbons (Fsp3) is 0.481. The van der Waals surface area contributed by atoms with Crippen LogP contribution in [0.15, 0.2) is 45.4 Å². The Labute approximate surface area is 235 Å². The Balaban J connectivity index is 1.44. The van der Waals surface area contributed by atoms with Gasteiger partial charge in [0.2, 0.25) is 5.91 Å². The first-order valence-electron chi connectivity index (χ1n) is 13.3. The van der Waals surface area contributed by atoms with Crippen molar-refractivity contribution >= 4 is 43.6 Å². The Morgan fingerprint density at radius 3 is 2.69 bits per heavy atom. The van der Waals surface area contributed by atoms with Crippen LogP contribution in [0, 0.1) is 12.8 Å². The largest absolute Gasteiger partial charge is 0.391 e. The third-order valence-electron chi connectivity index (χ3n) is 7.70. The van der Waals surface area contributed by atoms with E-state index < -0.39 is 23.7 Å². The Hall–Kier alpha value is -2.95. The fourth-order valence-corrected chi connectivity index (χ4v) is 6.41. The highest BCUT2D eigenvalue weighted by Gasteiger charge is 2.47. The maximum absolute atomic E-state index is 13.9. The summed E-state index contributed by atoms with van der Waals surface area (Å²) in [5.41, 5.74) is 8.30. The molecule has 2 N–H and O–H groups in total. The number of carbonyl (C=O) groups excluding carboxylic acids is 1.